The molecule has 0 amide bonds. The van der Waals surface area contributed by atoms with Gasteiger partial charge in [-0.25, -0.2) is 0 Å². The van der Waals surface area contributed by atoms with Gasteiger partial charge in [0.05, 0.1) is 0 Å². The van der Waals surface area contributed by atoms with Crippen molar-refractivity contribution in [1.82, 2.24) is 5.32 Å². The Morgan fingerprint density at radius 1 is 1.27 bits per heavy atom. The second-order valence-corrected chi connectivity index (χ2v) is 8.09. The van der Waals surface area contributed by atoms with E-state index in [1.807, 2.05) is 0 Å². The van der Waals surface area contributed by atoms with Crippen LogP contribution in [0.2, 0.25) is 0 Å². The van der Waals surface area contributed by atoms with Gasteiger partial charge in [-0.15, -0.1) is 0 Å². The summed E-state index contributed by atoms with van der Waals surface area (Å²) >= 11 is 0. The Morgan fingerprint density at radius 2 is 2.05 bits per heavy atom. The molecule has 1 N–H and O–H groups in total. The first-order valence-corrected chi connectivity index (χ1v) is 9.06. The average Bonchev–Trinajstić information content (AvgIpc) is 3.12. The molecule has 0 saturated carbocycles. The van der Waals surface area contributed by atoms with Crippen LogP contribution in [0.1, 0.15) is 71.0 Å². The highest BCUT2D eigenvalue weighted by Gasteiger charge is 2.50. The van der Waals surface area contributed by atoms with Crippen molar-refractivity contribution >= 4 is 5.69 Å². The number of hydrogen-bond donors (Lipinski definition) is 1. The summed E-state index contributed by atoms with van der Waals surface area (Å²) in [5.41, 5.74) is 5.24. The van der Waals surface area contributed by atoms with Crippen molar-refractivity contribution < 1.29 is 0 Å². The fourth-order valence-electron chi connectivity index (χ4n) is 4.79. The largest absolute Gasteiger partial charge is 0.371 e. The Hall–Kier alpha value is -1.02. The molecule has 2 atom stereocenters. The molecule has 2 aliphatic heterocycles. The molecule has 3 rings (SSSR count). The molecule has 2 heteroatoms. The third-order valence-electron chi connectivity index (χ3n) is 6.21. The average molecular weight is 300 g/mol. The highest BCUT2D eigenvalue weighted by molar-refractivity contribution is 5.67. The lowest BCUT2D eigenvalue weighted by molar-refractivity contribution is 0.189. The lowest BCUT2D eigenvalue weighted by atomic mass is 9.61. The summed E-state index contributed by atoms with van der Waals surface area (Å²) in [4.78, 5) is 2.60. The Kier molecular flexibility index (Phi) is 4.01. The smallest absolute Gasteiger partial charge is 0.0408 e. The molecule has 22 heavy (non-hydrogen) atoms. The number of benzene rings is 1. The fourth-order valence-corrected chi connectivity index (χ4v) is 4.79. The monoisotopic (exact) mass is 300 g/mol. The standard InChI is InChI=1S/C20H32N2/c1-6-20(19(3,4)5)14-22(7-2)17-12-8-10-15(18(17)20)16-11-9-13-21-16/h8,10,12,16,21H,6-7,9,11,13-14H2,1-5H3. The van der Waals surface area contributed by atoms with E-state index in [9.17, 15) is 0 Å². The maximum atomic E-state index is 3.73. The normalized spacial score (nSPS) is 28.2. The Morgan fingerprint density at radius 3 is 2.59 bits per heavy atom. The molecular weight excluding hydrogens is 268 g/mol. The first-order chi connectivity index (χ1) is 10.4. The minimum absolute atomic E-state index is 0.263. The van der Waals surface area contributed by atoms with Gasteiger partial charge in [0.1, 0.15) is 0 Å². The van der Waals surface area contributed by atoms with Crippen LogP contribution in [0.4, 0.5) is 5.69 Å². The topological polar surface area (TPSA) is 15.3 Å². The van der Waals surface area contributed by atoms with Gasteiger partial charge in [0.2, 0.25) is 0 Å². The summed E-state index contributed by atoms with van der Waals surface area (Å²) in [5, 5.41) is 3.73. The lowest BCUT2D eigenvalue weighted by Crippen LogP contribution is -2.44. The van der Waals surface area contributed by atoms with Crippen LogP contribution in [0, 0.1) is 5.41 Å². The van der Waals surface area contributed by atoms with Gasteiger partial charge in [-0.2, -0.15) is 0 Å². The summed E-state index contributed by atoms with van der Waals surface area (Å²) in [6.45, 7) is 15.4. The molecule has 0 radical (unpaired) electrons. The number of nitrogens with one attached hydrogen (secondary N) is 1. The number of anilines is 1. The van der Waals surface area contributed by atoms with Gasteiger partial charge in [-0.3, -0.25) is 0 Å². The van der Waals surface area contributed by atoms with Gasteiger partial charge in [0, 0.05) is 30.2 Å². The molecule has 1 saturated heterocycles. The number of rotatable bonds is 3. The number of fused-ring (bicyclic) bond motifs is 1. The van der Waals surface area contributed by atoms with Crippen LogP contribution in [0.15, 0.2) is 18.2 Å². The van der Waals surface area contributed by atoms with Crippen LogP contribution in [-0.4, -0.2) is 19.6 Å². The van der Waals surface area contributed by atoms with Crippen LogP contribution in [0.3, 0.4) is 0 Å². The predicted octanol–water partition coefficient (Wildman–Crippen LogP) is 4.64. The minimum Gasteiger partial charge on any atom is -0.371 e. The zero-order chi connectivity index (χ0) is 16.0. The molecule has 2 unspecified atom stereocenters. The third-order valence-corrected chi connectivity index (χ3v) is 6.21. The number of nitrogens with zero attached hydrogens (tertiary/aromatic N) is 1. The summed E-state index contributed by atoms with van der Waals surface area (Å²) in [5.74, 6) is 0. The Labute approximate surface area is 136 Å². The number of hydrogen-bond acceptors (Lipinski definition) is 2. The quantitative estimate of drug-likeness (QED) is 0.874. The molecule has 1 aromatic carbocycles. The maximum absolute atomic E-state index is 3.73. The third kappa shape index (κ3) is 2.19. The van der Waals surface area contributed by atoms with Crippen molar-refractivity contribution in [3.63, 3.8) is 0 Å². The van der Waals surface area contributed by atoms with Gasteiger partial charge in [-0.1, -0.05) is 39.8 Å². The van der Waals surface area contributed by atoms with E-state index in [0.717, 1.165) is 6.54 Å². The van der Waals surface area contributed by atoms with E-state index in [1.165, 1.54) is 38.0 Å². The molecular formula is C20H32N2. The van der Waals surface area contributed by atoms with Crippen LogP contribution < -0.4 is 10.2 Å². The van der Waals surface area contributed by atoms with Gasteiger partial charge in [-0.05, 0) is 55.3 Å². The van der Waals surface area contributed by atoms with E-state index in [0.29, 0.717) is 6.04 Å². The highest BCUT2D eigenvalue weighted by Crippen LogP contribution is 2.55. The van der Waals surface area contributed by atoms with Crippen molar-refractivity contribution in [1.29, 1.82) is 0 Å². The van der Waals surface area contributed by atoms with Gasteiger partial charge >= 0.3 is 0 Å². The predicted molar refractivity (Wildman–Crippen MR) is 95.7 cm³/mol. The van der Waals surface area contributed by atoms with E-state index in [1.54, 1.807) is 11.1 Å². The molecule has 1 aromatic rings. The molecule has 0 aromatic heterocycles. The van der Waals surface area contributed by atoms with Crippen LogP contribution in [-0.2, 0) is 5.41 Å². The second kappa shape index (κ2) is 5.56. The number of likely N-dealkylation sites (N-methyl/N-ethyl adjacent to an activating group) is 1. The van der Waals surface area contributed by atoms with Crippen molar-refractivity contribution in [3.8, 4) is 0 Å². The summed E-state index contributed by atoms with van der Waals surface area (Å²) < 4.78 is 0. The Balaban J connectivity index is 2.20. The summed E-state index contributed by atoms with van der Waals surface area (Å²) in [6, 6.07) is 7.56. The molecule has 2 nitrogen and oxygen atoms in total. The summed E-state index contributed by atoms with van der Waals surface area (Å²) in [7, 11) is 0. The van der Waals surface area contributed by atoms with Crippen LogP contribution in [0.5, 0.6) is 0 Å². The molecule has 0 aliphatic carbocycles. The van der Waals surface area contributed by atoms with Crippen LogP contribution in [0.25, 0.3) is 0 Å². The van der Waals surface area contributed by atoms with Gasteiger partial charge < -0.3 is 10.2 Å². The maximum Gasteiger partial charge on any atom is 0.0408 e. The van der Waals surface area contributed by atoms with E-state index in [2.05, 4.69) is 63.0 Å². The SMILES string of the molecule is CCN1CC(CC)(C(C)(C)C)c2c(C3CCCN3)cccc21. The minimum atomic E-state index is 0.263. The molecule has 2 aliphatic rings. The van der Waals surface area contributed by atoms with Gasteiger partial charge in [0.15, 0.2) is 0 Å². The fraction of sp³-hybridized carbons (Fsp3) is 0.700. The zero-order valence-electron chi connectivity index (χ0n) is 15.0. The second-order valence-electron chi connectivity index (χ2n) is 8.09. The lowest BCUT2D eigenvalue weighted by Gasteiger charge is -2.43. The molecule has 0 bridgehead atoms. The highest BCUT2D eigenvalue weighted by atomic mass is 15.2. The van der Waals surface area contributed by atoms with E-state index in [-0.39, 0.29) is 10.8 Å². The summed E-state index contributed by atoms with van der Waals surface area (Å²) in [6.07, 6.45) is 3.80. The van der Waals surface area contributed by atoms with Crippen LogP contribution >= 0.6 is 0 Å². The Bertz CT molecular complexity index is 537. The van der Waals surface area contributed by atoms with E-state index in [4.69, 9.17) is 0 Å². The zero-order valence-corrected chi connectivity index (χ0v) is 15.0. The first-order valence-electron chi connectivity index (χ1n) is 9.06. The molecule has 0 spiro atoms. The first kappa shape index (κ1) is 15.9. The molecule has 2 heterocycles. The van der Waals surface area contributed by atoms with Crippen molar-refractivity contribution in [3.05, 3.63) is 29.3 Å². The van der Waals surface area contributed by atoms with E-state index < -0.39 is 0 Å². The molecule has 1 fully saturated rings. The van der Waals surface area contributed by atoms with Crippen molar-refractivity contribution in [2.24, 2.45) is 5.41 Å². The molecule has 122 valence electrons. The van der Waals surface area contributed by atoms with Crippen molar-refractivity contribution in [2.45, 2.75) is 65.3 Å². The van der Waals surface area contributed by atoms with E-state index >= 15 is 0 Å². The van der Waals surface area contributed by atoms with Crippen molar-refractivity contribution in [2.75, 3.05) is 24.5 Å². The van der Waals surface area contributed by atoms with Gasteiger partial charge in [0.25, 0.3) is 0 Å².